The molecule has 108 valence electrons. The van der Waals surface area contributed by atoms with E-state index >= 15 is 0 Å². The lowest BCUT2D eigenvalue weighted by molar-refractivity contribution is 0.990. The van der Waals surface area contributed by atoms with Gasteiger partial charge in [-0.3, -0.25) is 0 Å². The molecule has 0 radical (unpaired) electrons. The minimum Gasteiger partial charge on any atom is -0.375 e. The van der Waals surface area contributed by atoms with Crippen LogP contribution in [0.3, 0.4) is 0 Å². The van der Waals surface area contributed by atoms with Crippen molar-refractivity contribution in [3.8, 4) is 0 Å². The maximum atomic E-state index is 3.58. The summed E-state index contributed by atoms with van der Waals surface area (Å²) < 4.78 is 0. The van der Waals surface area contributed by atoms with Crippen LogP contribution in [0.1, 0.15) is 17.2 Å². The molecule has 1 heteroatoms. The summed E-state index contributed by atoms with van der Waals surface area (Å²) in [5, 5.41) is 3.58. The largest absolute Gasteiger partial charge is 0.375 e. The minimum atomic E-state index is 0.142. The lowest BCUT2D eigenvalue weighted by atomic mass is 10.0. The number of hydrogen-bond donors (Lipinski definition) is 1. The van der Waals surface area contributed by atoms with Crippen molar-refractivity contribution >= 4 is 11.8 Å². The first kappa shape index (κ1) is 14.2. The van der Waals surface area contributed by atoms with Crippen molar-refractivity contribution in [1.29, 1.82) is 0 Å². The molecule has 0 saturated carbocycles. The Morgan fingerprint density at radius 1 is 0.636 bits per heavy atom. The summed E-state index contributed by atoms with van der Waals surface area (Å²) in [6.07, 6.45) is 4.37. The second-order valence-electron chi connectivity index (χ2n) is 5.17. The van der Waals surface area contributed by atoms with Gasteiger partial charge in [-0.2, -0.15) is 0 Å². The molecule has 3 rings (SSSR count). The highest BCUT2D eigenvalue weighted by Crippen LogP contribution is 2.21. The van der Waals surface area contributed by atoms with E-state index in [0.717, 1.165) is 5.69 Å². The van der Waals surface area contributed by atoms with E-state index in [0.29, 0.717) is 0 Å². The van der Waals surface area contributed by atoms with Crippen LogP contribution in [0.15, 0.2) is 97.1 Å². The number of benzene rings is 3. The maximum absolute atomic E-state index is 3.58. The smallest absolute Gasteiger partial charge is 0.0701 e. The van der Waals surface area contributed by atoms with Gasteiger partial charge in [-0.05, 0) is 23.3 Å². The van der Waals surface area contributed by atoms with Gasteiger partial charge in [0.2, 0.25) is 0 Å². The molecule has 3 aromatic rings. The van der Waals surface area contributed by atoms with Crippen LogP contribution in [-0.2, 0) is 0 Å². The summed E-state index contributed by atoms with van der Waals surface area (Å²) in [5.74, 6) is 0. The summed E-state index contributed by atoms with van der Waals surface area (Å²) in [6, 6.07) is 31.3. The van der Waals surface area contributed by atoms with E-state index in [1.54, 1.807) is 0 Å². The van der Waals surface area contributed by atoms with Gasteiger partial charge in [-0.1, -0.05) is 91.0 Å². The van der Waals surface area contributed by atoms with Gasteiger partial charge in [0.15, 0.2) is 0 Å². The van der Waals surface area contributed by atoms with Crippen molar-refractivity contribution in [3.63, 3.8) is 0 Å². The standard InChI is InChI=1S/C21H19N/c1-4-10-18(11-5-1)16-17-21(19-12-6-2-7-13-19)22-20-14-8-3-9-15-20/h1-17,21-22H/b17-16-. The highest BCUT2D eigenvalue weighted by atomic mass is 14.9. The highest BCUT2D eigenvalue weighted by Gasteiger charge is 2.06. The molecule has 0 aliphatic carbocycles. The van der Waals surface area contributed by atoms with Crippen LogP contribution >= 0.6 is 0 Å². The van der Waals surface area contributed by atoms with Crippen LogP contribution in [-0.4, -0.2) is 0 Å². The van der Waals surface area contributed by atoms with Gasteiger partial charge in [0.1, 0.15) is 0 Å². The highest BCUT2D eigenvalue weighted by molar-refractivity contribution is 5.54. The molecule has 3 aromatic carbocycles. The molecule has 0 aliphatic heterocycles. The third-order valence-corrected chi connectivity index (χ3v) is 3.54. The van der Waals surface area contributed by atoms with Gasteiger partial charge in [-0.15, -0.1) is 0 Å². The van der Waals surface area contributed by atoms with Crippen LogP contribution in [0.5, 0.6) is 0 Å². The van der Waals surface area contributed by atoms with Gasteiger partial charge < -0.3 is 5.32 Å². The molecule has 1 unspecified atom stereocenters. The lowest BCUT2D eigenvalue weighted by Crippen LogP contribution is -2.07. The summed E-state index contributed by atoms with van der Waals surface area (Å²) >= 11 is 0. The van der Waals surface area contributed by atoms with Crippen LogP contribution in [0.4, 0.5) is 5.69 Å². The third kappa shape index (κ3) is 3.86. The first-order valence-corrected chi connectivity index (χ1v) is 7.51. The predicted octanol–water partition coefficient (Wildman–Crippen LogP) is 5.55. The quantitative estimate of drug-likeness (QED) is 0.647. The number of hydrogen-bond acceptors (Lipinski definition) is 1. The predicted molar refractivity (Wildman–Crippen MR) is 94.7 cm³/mol. The van der Waals surface area contributed by atoms with Crippen LogP contribution < -0.4 is 5.32 Å². The molecular formula is C21H19N. The van der Waals surface area contributed by atoms with E-state index in [-0.39, 0.29) is 6.04 Å². The summed E-state index contributed by atoms with van der Waals surface area (Å²) in [6.45, 7) is 0. The van der Waals surface area contributed by atoms with Gasteiger partial charge in [0.25, 0.3) is 0 Å². The van der Waals surface area contributed by atoms with Crippen LogP contribution in [0, 0.1) is 0 Å². The molecular weight excluding hydrogens is 266 g/mol. The van der Waals surface area contributed by atoms with Crippen molar-refractivity contribution in [1.82, 2.24) is 0 Å². The van der Waals surface area contributed by atoms with Crippen molar-refractivity contribution in [2.24, 2.45) is 0 Å². The zero-order chi connectivity index (χ0) is 15.0. The number of nitrogens with one attached hydrogen (secondary N) is 1. The average Bonchev–Trinajstić information content (AvgIpc) is 2.61. The topological polar surface area (TPSA) is 12.0 Å². The Morgan fingerprint density at radius 2 is 1.18 bits per heavy atom. The zero-order valence-electron chi connectivity index (χ0n) is 12.4. The molecule has 1 N–H and O–H groups in total. The van der Waals surface area contributed by atoms with E-state index in [1.165, 1.54) is 11.1 Å². The van der Waals surface area contributed by atoms with Crippen molar-refractivity contribution < 1.29 is 0 Å². The number of para-hydroxylation sites is 1. The Kier molecular flexibility index (Phi) is 4.68. The monoisotopic (exact) mass is 285 g/mol. The van der Waals surface area contributed by atoms with Crippen LogP contribution in [0.25, 0.3) is 6.08 Å². The Morgan fingerprint density at radius 3 is 1.82 bits per heavy atom. The number of rotatable bonds is 5. The Bertz CT molecular complexity index is 703. The molecule has 0 bridgehead atoms. The lowest BCUT2D eigenvalue weighted by Gasteiger charge is -2.17. The normalized spacial score (nSPS) is 12.2. The van der Waals surface area contributed by atoms with Gasteiger partial charge in [-0.25, -0.2) is 0 Å². The first-order chi connectivity index (χ1) is 10.9. The van der Waals surface area contributed by atoms with Gasteiger partial charge >= 0.3 is 0 Å². The molecule has 0 spiro atoms. The molecule has 0 fully saturated rings. The van der Waals surface area contributed by atoms with Crippen LogP contribution in [0.2, 0.25) is 0 Å². The fraction of sp³-hybridized carbons (Fsp3) is 0.0476. The van der Waals surface area contributed by atoms with Gasteiger partial charge in [0.05, 0.1) is 6.04 Å². The third-order valence-electron chi connectivity index (χ3n) is 3.54. The summed E-state index contributed by atoms with van der Waals surface area (Å²) in [4.78, 5) is 0. The fourth-order valence-electron chi connectivity index (χ4n) is 2.39. The molecule has 0 aliphatic rings. The van der Waals surface area contributed by atoms with Crippen molar-refractivity contribution in [2.45, 2.75) is 6.04 Å². The SMILES string of the molecule is C(=C/C(Nc1ccccc1)c1ccccc1)/c1ccccc1. The maximum Gasteiger partial charge on any atom is 0.0701 e. The number of anilines is 1. The summed E-state index contributed by atoms with van der Waals surface area (Å²) in [7, 11) is 0. The molecule has 0 amide bonds. The van der Waals surface area contributed by atoms with E-state index < -0.39 is 0 Å². The summed E-state index contributed by atoms with van der Waals surface area (Å²) in [5.41, 5.74) is 3.57. The van der Waals surface area contributed by atoms with E-state index in [1.807, 2.05) is 30.3 Å². The molecule has 0 saturated heterocycles. The Hall–Kier alpha value is -2.80. The van der Waals surface area contributed by atoms with E-state index in [2.05, 4.69) is 78.1 Å². The molecule has 1 atom stereocenters. The fourth-order valence-corrected chi connectivity index (χ4v) is 2.39. The van der Waals surface area contributed by atoms with Gasteiger partial charge in [0, 0.05) is 5.69 Å². The molecule has 1 nitrogen and oxygen atoms in total. The zero-order valence-corrected chi connectivity index (χ0v) is 12.4. The first-order valence-electron chi connectivity index (χ1n) is 7.51. The molecule has 0 aromatic heterocycles. The minimum absolute atomic E-state index is 0.142. The Balaban J connectivity index is 1.85. The van der Waals surface area contributed by atoms with Crippen molar-refractivity contribution in [3.05, 3.63) is 108 Å². The average molecular weight is 285 g/mol. The van der Waals surface area contributed by atoms with E-state index in [9.17, 15) is 0 Å². The Labute approximate surface area is 132 Å². The second-order valence-corrected chi connectivity index (χ2v) is 5.17. The van der Waals surface area contributed by atoms with E-state index in [4.69, 9.17) is 0 Å². The second kappa shape index (κ2) is 7.28. The molecule has 0 heterocycles. The van der Waals surface area contributed by atoms with Crippen molar-refractivity contribution in [2.75, 3.05) is 5.32 Å². The molecule has 22 heavy (non-hydrogen) atoms.